The summed E-state index contributed by atoms with van der Waals surface area (Å²) in [7, 11) is 0. The normalized spacial score (nSPS) is 12.1. The summed E-state index contributed by atoms with van der Waals surface area (Å²) in [5.74, 6) is -0.904. The van der Waals surface area contributed by atoms with E-state index in [9.17, 15) is 9.59 Å². The van der Waals surface area contributed by atoms with E-state index in [2.05, 4.69) is 21.2 Å². The highest BCUT2D eigenvalue weighted by Gasteiger charge is 2.19. The second-order valence-corrected chi connectivity index (χ2v) is 5.30. The minimum atomic E-state index is -0.847. The highest BCUT2D eigenvalue weighted by Crippen LogP contribution is 2.20. The molecule has 0 saturated carbocycles. The number of halogens is 1. The molecule has 0 spiro atoms. The SMILES string of the molecule is CC(C)NC(=O)C(C)OC(=O)c1ccc(Br)c(N)c1. The lowest BCUT2D eigenvalue weighted by Crippen LogP contribution is -2.39. The lowest BCUT2D eigenvalue weighted by molar-refractivity contribution is -0.129. The van der Waals surface area contributed by atoms with Gasteiger partial charge in [-0.3, -0.25) is 4.79 Å². The van der Waals surface area contributed by atoms with Crippen LogP contribution in [-0.2, 0) is 9.53 Å². The first kappa shape index (κ1) is 15.5. The Morgan fingerprint density at radius 3 is 2.47 bits per heavy atom. The zero-order chi connectivity index (χ0) is 14.6. The van der Waals surface area contributed by atoms with Crippen LogP contribution in [0, 0.1) is 0 Å². The molecule has 0 aliphatic rings. The molecule has 0 aliphatic heterocycles. The number of hydrogen-bond donors (Lipinski definition) is 2. The number of carbonyl (C=O) groups is 2. The Bertz CT molecular complexity index is 489. The lowest BCUT2D eigenvalue weighted by atomic mass is 10.2. The Balaban J connectivity index is 2.68. The largest absolute Gasteiger partial charge is 0.449 e. The van der Waals surface area contributed by atoms with E-state index in [0.29, 0.717) is 15.7 Å². The number of esters is 1. The maximum absolute atomic E-state index is 11.8. The van der Waals surface area contributed by atoms with Gasteiger partial charge in [-0.05, 0) is 54.9 Å². The van der Waals surface area contributed by atoms with E-state index in [1.165, 1.54) is 13.0 Å². The molecule has 1 atom stereocenters. The number of nitrogen functional groups attached to an aromatic ring is 1. The molecule has 0 aromatic heterocycles. The van der Waals surface area contributed by atoms with E-state index >= 15 is 0 Å². The fraction of sp³-hybridized carbons (Fsp3) is 0.385. The molecule has 0 saturated heterocycles. The minimum Gasteiger partial charge on any atom is -0.449 e. The van der Waals surface area contributed by atoms with Crippen LogP contribution in [0.5, 0.6) is 0 Å². The second-order valence-electron chi connectivity index (χ2n) is 4.45. The number of benzene rings is 1. The average molecular weight is 329 g/mol. The van der Waals surface area contributed by atoms with Gasteiger partial charge in [0.25, 0.3) is 5.91 Å². The monoisotopic (exact) mass is 328 g/mol. The van der Waals surface area contributed by atoms with Crippen LogP contribution >= 0.6 is 15.9 Å². The van der Waals surface area contributed by atoms with Crippen molar-refractivity contribution in [3.63, 3.8) is 0 Å². The first-order chi connectivity index (χ1) is 8.81. The van der Waals surface area contributed by atoms with Gasteiger partial charge in [0.05, 0.1) is 5.56 Å². The molecule has 19 heavy (non-hydrogen) atoms. The van der Waals surface area contributed by atoms with Gasteiger partial charge in [0.15, 0.2) is 6.10 Å². The van der Waals surface area contributed by atoms with E-state index in [1.54, 1.807) is 12.1 Å². The third-order valence-electron chi connectivity index (χ3n) is 2.32. The van der Waals surface area contributed by atoms with Gasteiger partial charge in [0.2, 0.25) is 0 Å². The lowest BCUT2D eigenvalue weighted by Gasteiger charge is -2.15. The topological polar surface area (TPSA) is 81.4 Å². The van der Waals surface area contributed by atoms with Gasteiger partial charge in [-0.1, -0.05) is 0 Å². The van der Waals surface area contributed by atoms with E-state index < -0.39 is 12.1 Å². The molecular formula is C13H17BrN2O3. The van der Waals surface area contributed by atoms with E-state index in [-0.39, 0.29) is 11.9 Å². The highest BCUT2D eigenvalue weighted by atomic mass is 79.9. The van der Waals surface area contributed by atoms with Crippen LogP contribution in [0.4, 0.5) is 5.69 Å². The maximum Gasteiger partial charge on any atom is 0.338 e. The van der Waals surface area contributed by atoms with Gasteiger partial charge in [0.1, 0.15) is 0 Å². The number of nitrogens with two attached hydrogens (primary N) is 1. The number of ether oxygens (including phenoxy) is 1. The van der Waals surface area contributed by atoms with Crippen molar-refractivity contribution in [2.45, 2.75) is 32.9 Å². The molecule has 6 heteroatoms. The van der Waals surface area contributed by atoms with Crippen LogP contribution in [0.2, 0.25) is 0 Å². The predicted octanol–water partition coefficient (Wildman–Crippen LogP) is 2.10. The fourth-order valence-corrected chi connectivity index (χ4v) is 1.60. The van der Waals surface area contributed by atoms with Gasteiger partial charge in [-0.2, -0.15) is 0 Å². The maximum atomic E-state index is 11.8. The van der Waals surface area contributed by atoms with Gasteiger partial charge < -0.3 is 15.8 Å². The molecule has 5 nitrogen and oxygen atoms in total. The summed E-state index contributed by atoms with van der Waals surface area (Å²) in [6.07, 6.45) is -0.847. The van der Waals surface area contributed by atoms with Crippen molar-refractivity contribution >= 4 is 33.5 Å². The Morgan fingerprint density at radius 1 is 1.32 bits per heavy atom. The quantitative estimate of drug-likeness (QED) is 0.655. The van der Waals surface area contributed by atoms with Crippen molar-refractivity contribution in [1.82, 2.24) is 5.32 Å². The van der Waals surface area contributed by atoms with Gasteiger partial charge in [0, 0.05) is 16.2 Å². The third kappa shape index (κ3) is 4.55. The molecule has 0 radical (unpaired) electrons. The van der Waals surface area contributed by atoms with Crippen molar-refractivity contribution in [2.24, 2.45) is 0 Å². The summed E-state index contributed by atoms with van der Waals surface area (Å²) in [5.41, 5.74) is 6.43. The number of anilines is 1. The molecular weight excluding hydrogens is 312 g/mol. The van der Waals surface area contributed by atoms with Crippen LogP contribution in [0.15, 0.2) is 22.7 Å². The smallest absolute Gasteiger partial charge is 0.338 e. The van der Waals surface area contributed by atoms with Crippen LogP contribution < -0.4 is 11.1 Å². The Kier molecular flexibility index (Phi) is 5.35. The molecule has 3 N–H and O–H groups in total. The number of carbonyl (C=O) groups excluding carboxylic acids is 2. The van der Waals surface area contributed by atoms with E-state index in [4.69, 9.17) is 10.5 Å². The summed E-state index contributed by atoms with van der Waals surface area (Å²) in [6, 6.07) is 4.73. The molecule has 1 aromatic rings. The molecule has 104 valence electrons. The highest BCUT2D eigenvalue weighted by molar-refractivity contribution is 9.10. The van der Waals surface area contributed by atoms with Crippen molar-refractivity contribution in [2.75, 3.05) is 5.73 Å². The molecule has 0 fully saturated rings. The van der Waals surface area contributed by atoms with Crippen molar-refractivity contribution in [3.8, 4) is 0 Å². The fourth-order valence-electron chi connectivity index (χ4n) is 1.35. The third-order valence-corrected chi connectivity index (χ3v) is 3.04. The predicted molar refractivity (Wildman–Crippen MR) is 76.7 cm³/mol. The van der Waals surface area contributed by atoms with Crippen LogP contribution in [-0.4, -0.2) is 24.0 Å². The van der Waals surface area contributed by atoms with Gasteiger partial charge in [-0.15, -0.1) is 0 Å². The van der Waals surface area contributed by atoms with Gasteiger partial charge >= 0.3 is 5.97 Å². The Morgan fingerprint density at radius 2 is 1.95 bits per heavy atom. The van der Waals surface area contributed by atoms with Crippen LogP contribution in [0.3, 0.4) is 0 Å². The van der Waals surface area contributed by atoms with E-state index in [1.807, 2.05) is 13.8 Å². The molecule has 0 heterocycles. The van der Waals surface area contributed by atoms with Crippen molar-refractivity contribution in [3.05, 3.63) is 28.2 Å². The number of hydrogen-bond acceptors (Lipinski definition) is 4. The number of rotatable bonds is 4. The molecule has 1 amide bonds. The average Bonchev–Trinajstić information content (AvgIpc) is 2.31. The second kappa shape index (κ2) is 6.56. The molecule has 0 bridgehead atoms. The number of nitrogens with one attached hydrogen (secondary N) is 1. The van der Waals surface area contributed by atoms with Gasteiger partial charge in [-0.25, -0.2) is 4.79 Å². The summed E-state index contributed by atoms with van der Waals surface area (Å²) < 4.78 is 5.78. The molecule has 1 aromatic carbocycles. The Labute approximate surface area is 120 Å². The van der Waals surface area contributed by atoms with E-state index in [0.717, 1.165) is 0 Å². The van der Waals surface area contributed by atoms with Crippen molar-refractivity contribution in [1.29, 1.82) is 0 Å². The van der Waals surface area contributed by atoms with Crippen molar-refractivity contribution < 1.29 is 14.3 Å². The first-order valence-electron chi connectivity index (χ1n) is 5.87. The molecule has 0 aliphatic carbocycles. The standard InChI is InChI=1S/C13H17BrN2O3/c1-7(2)16-12(17)8(3)19-13(18)9-4-5-10(14)11(15)6-9/h4-8H,15H2,1-3H3,(H,16,17). The summed E-state index contributed by atoms with van der Waals surface area (Å²) in [6.45, 7) is 5.20. The van der Waals surface area contributed by atoms with Crippen LogP contribution in [0.25, 0.3) is 0 Å². The first-order valence-corrected chi connectivity index (χ1v) is 6.67. The molecule has 1 unspecified atom stereocenters. The zero-order valence-corrected chi connectivity index (χ0v) is 12.7. The zero-order valence-electron chi connectivity index (χ0n) is 11.1. The minimum absolute atomic E-state index is 0.00280. The Hall–Kier alpha value is -1.56. The van der Waals surface area contributed by atoms with Crippen LogP contribution in [0.1, 0.15) is 31.1 Å². The summed E-state index contributed by atoms with van der Waals surface area (Å²) in [5, 5.41) is 2.67. The summed E-state index contributed by atoms with van der Waals surface area (Å²) >= 11 is 3.24. The summed E-state index contributed by atoms with van der Waals surface area (Å²) in [4.78, 5) is 23.5. The number of amides is 1. The molecule has 1 rings (SSSR count).